The van der Waals surface area contributed by atoms with Crippen LogP contribution < -0.4 is 0 Å². The van der Waals surface area contributed by atoms with Gasteiger partial charge < -0.3 is 27.1 Å². The molecule has 2 aromatic carbocycles. The Morgan fingerprint density at radius 3 is 1.30 bits per heavy atom. The van der Waals surface area contributed by atoms with Crippen LogP contribution in [0.4, 0.5) is 0 Å². The molecule has 4 rings (SSSR count). The first-order valence-electron chi connectivity index (χ1n) is 11.7. The topological polar surface area (TPSA) is 55.4 Å². The molecule has 2 aliphatic heterocycles. The Hall–Kier alpha value is -0.940. The van der Waals surface area contributed by atoms with E-state index in [0.29, 0.717) is 6.42 Å². The first-order chi connectivity index (χ1) is 16.0. The average Bonchev–Trinajstić information content (AvgIpc) is 2.78. The van der Waals surface area contributed by atoms with Crippen LogP contribution in [0.1, 0.15) is 70.3 Å². The van der Waals surface area contributed by atoms with Gasteiger partial charge in [0.1, 0.15) is 0 Å². The second-order valence-electron chi connectivity index (χ2n) is 8.83. The average molecular weight is 492 g/mol. The van der Waals surface area contributed by atoms with E-state index in [1.54, 1.807) is 0 Å². The highest BCUT2D eigenvalue weighted by Gasteiger charge is 2.35. The van der Waals surface area contributed by atoms with Gasteiger partial charge in [-0.3, -0.25) is 0 Å². The Bertz CT molecular complexity index is 752. The maximum Gasteiger partial charge on any atom is 0.333 e. The van der Waals surface area contributed by atoms with Crippen molar-refractivity contribution >= 4 is 17.2 Å². The van der Waals surface area contributed by atoms with Gasteiger partial charge in [-0.1, -0.05) is 60.7 Å². The Balaban J connectivity index is 1.55. The zero-order valence-corrected chi connectivity index (χ0v) is 21.5. The normalized spacial score (nSPS) is 32.2. The van der Waals surface area contributed by atoms with Gasteiger partial charge in [0.2, 0.25) is 0 Å². The fraction of sp³-hybridized carbons (Fsp3) is 0.520. The zero-order valence-electron chi connectivity index (χ0n) is 19.7. The van der Waals surface area contributed by atoms with Gasteiger partial charge in [0, 0.05) is 19.3 Å². The van der Waals surface area contributed by atoms with Crippen LogP contribution in [0.15, 0.2) is 60.7 Å². The third-order valence-corrected chi connectivity index (χ3v) is 8.57. The summed E-state index contributed by atoms with van der Waals surface area (Å²) in [5.41, 5.74) is 2.12. The molecule has 0 N–H and O–H groups in total. The van der Waals surface area contributed by atoms with E-state index in [1.807, 2.05) is 36.4 Å². The molecule has 0 saturated carbocycles. The summed E-state index contributed by atoms with van der Waals surface area (Å²) in [5.74, 6) is 0. The molecule has 0 aliphatic carbocycles. The van der Waals surface area contributed by atoms with Crippen molar-refractivity contribution in [3.63, 3.8) is 0 Å². The van der Waals surface area contributed by atoms with Crippen LogP contribution in [0.2, 0.25) is 0 Å². The van der Waals surface area contributed by atoms with Crippen LogP contribution in [0.3, 0.4) is 0 Å². The molecule has 0 unspecified atom stereocenters. The molecule has 0 bridgehead atoms. The fourth-order valence-electron chi connectivity index (χ4n) is 4.06. The van der Waals surface area contributed by atoms with Gasteiger partial charge in [-0.2, -0.15) is 0 Å². The van der Waals surface area contributed by atoms with Crippen LogP contribution in [0.5, 0.6) is 0 Å². The Morgan fingerprint density at radius 1 is 0.636 bits per heavy atom. The van der Waals surface area contributed by atoms with Gasteiger partial charge in [0.05, 0.1) is 36.6 Å². The summed E-state index contributed by atoms with van der Waals surface area (Å²) in [4.78, 5) is 0. The number of benzene rings is 2. The third-order valence-electron chi connectivity index (χ3n) is 5.59. The first kappa shape index (κ1) is 25.2. The molecule has 2 saturated heterocycles. The first-order valence-corrected chi connectivity index (χ1v) is 13.9. The maximum atomic E-state index is 6.47. The van der Waals surface area contributed by atoms with Crippen LogP contribution in [0.25, 0.3) is 0 Å². The molecule has 0 amide bonds. The number of rotatable bonds is 8. The summed E-state index contributed by atoms with van der Waals surface area (Å²) < 4.78 is 37.0. The third kappa shape index (κ3) is 7.52. The van der Waals surface area contributed by atoms with Crippen LogP contribution >= 0.6 is 17.2 Å². The molecule has 8 heteroatoms. The minimum Gasteiger partial charge on any atom is -0.309 e. The summed E-state index contributed by atoms with van der Waals surface area (Å²) in [6.07, 6.45) is 2.19. The van der Waals surface area contributed by atoms with Gasteiger partial charge in [0.25, 0.3) is 0 Å². The fourth-order valence-corrected chi connectivity index (χ4v) is 6.71. The van der Waals surface area contributed by atoms with Gasteiger partial charge in [0.15, 0.2) is 0 Å². The van der Waals surface area contributed by atoms with Gasteiger partial charge >= 0.3 is 17.2 Å². The summed E-state index contributed by atoms with van der Waals surface area (Å²) >= 11 is 0. The molecule has 6 atom stereocenters. The van der Waals surface area contributed by atoms with Crippen molar-refractivity contribution in [1.82, 2.24) is 0 Å². The van der Waals surface area contributed by atoms with E-state index in [0.717, 1.165) is 24.0 Å². The van der Waals surface area contributed by atoms with E-state index in [4.69, 9.17) is 27.1 Å². The lowest BCUT2D eigenvalue weighted by Crippen LogP contribution is -2.24. The standard InChI is InChI=1S/C25H34O6P2/c1-18-15-19(2)27-32(26-18)30-24(22-11-7-5-8-12-22)17-25(23-13-9-6-10-14-23)31-33-28-20(3)16-21(4)29-33/h5-14,18-21,24-25H,15-17H2,1-4H3/t18-,19-,20-,21-,24-,25-/m0/s1. The Morgan fingerprint density at radius 2 is 0.970 bits per heavy atom. The molecule has 180 valence electrons. The highest BCUT2D eigenvalue weighted by molar-refractivity contribution is 7.42. The predicted molar refractivity (Wildman–Crippen MR) is 130 cm³/mol. The number of hydrogen-bond acceptors (Lipinski definition) is 6. The van der Waals surface area contributed by atoms with E-state index in [2.05, 4.69) is 52.0 Å². The summed E-state index contributed by atoms with van der Waals surface area (Å²) in [7, 11) is -2.92. The van der Waals surface area contributed by atoms with E-state index >= 15 is 0 Å². The second-order valence-corrected chi connectivity index (χ2v) is 11.0. The summed E-state index contributed by atoms with van der Waals surface area (Å²) in [6, 6.07) is 20.4. The lowest BCUT2D eigenvalue weighted by atomic mass is 9.99. The molecule has 2 heterocycles. The maximum absolute atomic E-state index is 6.47. The SMILES string of the molecule is C[C@H]1C[C@H](C)OP(O[C@@H](C[C@H](OP2O[C@@H](C)C[C@H](C)O2)c2ccccc2)c2ccccc2)O1. The van der Waals surface area contributed by atoms with Crippen molar-refractivity contribution in [3.05, 3.63) is 71.8 Å². The van der Waals surface area contributed by atoms with Crippen LogP contribution in [0, 0.1) is 0 Å². The lowest BCUT2D eigenvalue weighted by molar-refractivity contribution is -0.00496. The van der Waals surface area contributed by atoms with Crippen molar-refractivity contribution in [2.24, 2.45) is 0 Å². The minimum atomic E-state index is -1.46. The predicted octanol–water partition coefficient (Wildman–Crippen LogP) is 7.77. The lowest BCUT2D eigenvalue weighted by Gasteiger charge is -2.35. The molecule has 0 radical (unpaired) electrons. The van der Waals surface area contributed by atoms with Gasteiger partial charge in [-0.15, -0.1) is 0 Å². The molecule has 0 spiro atoms. The molecular weight excluding hydrogens is 458 g/mol. The summed E-state index contributed by atoms with van der Waals surface area (Å²) in [6.45, 7) is 8.25. The van der Waals surface area contributed by atoms with E-state index < -0.39 is 17.2 Å². The van der Waals surface area contributed by atoms with Gasteiger partial charge in [-0.25, -0.2) is 0 Å². The highest BCUT2D eigenvalue weighted by Crippen LogP contribution is 2.55. The molecule has 2 fully saturated rings. The van der Waals surface area contributed by atoms with Crippen LogP contribution in [-0.4, -0.2) is 24.4 Å². The largest absolute Gasteiger partial charge is 0.333 e. The minimum absolute atomic E-state index is 0.105. The molecule has 2 aliphatic rings. The Kier molecular flexibility index (Phi) is 9.26. The van der Waals surface area contributed by atoms with Crippen molar-refractivity contribution in [3.8, 4) is 0 Å². The highest BCUT2D eigenvalue weighted by atomic mass is 31.2. The van der Waals surface area contributed by atoms with Crippen molar-refractivity contribution in [1.29, 1.82) is 0 Å². The molecule has 6 nitrogen and oxygen atoms in total. The van der Waals surface area contributed by atoms with Gasteiger partial charge in [-0.05, 0) is 38.8 Å². The van der Waals surface area contributed by atoms with E-state index in [-0.39, 0.29) is 36.6 Å². The second kappa shape index (κ2) is 12.2. The van der Waals surface area contributed by atoms with Crippen molar-refractivity contribution in [2.45, 2.75) is 83.6 Å². The molecule has 33 heavy (non-hydrogen) atoms. The van der Waals surface area contributed by atoms with Crippen molar-refractivity contribution < 1.29 is 27.1 Å². The number of hydrogen-bond donors (Lipinski definition) is 0. The van der Waals surface area contributed by atoms with Crippen molar-refractivity contribution in [2.75, 3.05) is 0 Å². The molecular formula is C25H34O6P2. The summed E-state index contributed by atoms with van der Waals surface area (Å²) in [5, 5.41) is 0. The smallest absolute Gasteiger partial charge is 0.309 e. The van der Waals surface area contributed by atoms with E-state index in [9.17, 15) is 0 Å². The molecule has 0 aromatic heterocycles. The van der Waals surface area contributed by atoms with Crippen LogP contribution in [-0.2, 0) is 27.1 Å². The monoisotopic (exact) mass is 492 g/mol. The van der Waals surface area contributed by atoms with E-state index in [1.165, 1.54) is 0 Å². The quantitative estimate of drug-likeness (QED) is 0.351. The molecule has 2 aromatic rings. The zero-order chi connectivity index (χ0) is 23.2. The Labute approximate surface area is 199 Å².